The topological polar surface area (TPSA) is 99.6 Å². The van der Waals surface area contributed by atoms with Gasteiger partial charge in [-0.1, -0.05) is 49.6 Å². The summed E-state index contributed by atoms with van der Waals surface area (Å²) in [5.74, 6) is 1.63. The summed E-state index contributed by atoms with van der Waals surface area (Å²) >= 11 is 0. The SMILES string of the molecule is CC(C)(C)NC[C@@H]1CC2CCCCC2CN1C[C@@H](O)[C@H](Cc1ccccc1)NC[C@@H](N)CCN. The molecule has 0 spiro atoms. The van der Waals surface area contributed by atoms with E-state index < -0.39 is 6.10 Å². The van der Waals surface area contributed by atoms with E-state index in [-0.39, 0.29) is 17.6 Å². The molecule has 1 aromatic carbocycles. The van der Waals surface area contributed by atoms with Gasteiger partial charge < -0.3 is 27.2 Å². The van der Waals surface area contributed by atoms with Gasteiger partial charge in [0.15, 0.2) is 0 Å². The van der Waals surface area contributed by atoms with E-state index in [0.29, 0.717) is 25.7 Å². The monoisotopic (exact) mass is 473 g/mol. The second-order valence-corrected chi connectivity index (χ2v) is 11.9. The predicted octanol–water partition coefficient (Wildman–Crippen LogP) is 2.49. The minimum absolute atomic E-state index is 0.0113. The molecule has 0 radical (unpaired) electrons. The van der Waals surface area contributed by atoms with Crippen LogP contribution in [0.3, 0.4) is 0 Å². The van der Waals surface area contributed by atoms with E-state index in [1.165, 1.54) is 37.7 Å². The maximum Gasteiger partial charge on any atom is 0.0823 e. The maximum atomic E-state index is 11.5. The van der Waals surface area contributed by atoms with E-state index in [9.17, 15) is 5.11 Å². The number of benzene rings is 1. The maximum absolute atomic E-state index is 11.5. The summed E-state index contributed by atoms with van der Waals surface area (Å²) in [5, 5.41) is 18.9. The van der Waals surface area contributed by atoms with Gasteiger partial charge in [-0.25, -0.2) is 0 Å². The van der Waals surface area contributed by atoms with Gasteiger partial charge in [0.1, 0.15) is 0 Å². The number of hydrogen-bond acceptors (Lipinski definition) is 6. The summed E-state index contributed by atoms with van der Waals surface area (Å²) in [6, 6.07) is 10.9. The molecule has 1 aliphatic heterocycles. The lowest BCUT2D eigenvalue weighted by Crippen LogP contribution is -2.58. The van der Waals surface area contributed by atoms with Crippen molar-refractivity contribution in [3.63, 3.8) is 0 Å². The Bertz CT molecular complexity index is 694. The number of likely N-dealkylation sites (tertiary alicyclic amines) is 1. The number of nitrogens with one attached hydrogen (secondary N) is 2. The minimum Gasteiger partial charge on any atom is -0.390 e. The van der Waals surface area contributed by atoms with Gasteiger partial charge in [-0.05, 0) is 70.4 Å². The Hall–Kier alpha value is -1.02. The first-order valence-corrected chi connectivity index (χ1v) is 13.6. The van der Waals surface area contributed by atoms with Gasteiger partial charge in [-0.15, -0.1) is 0 Å². The van der Waals surface area contributed by atoms with Gasteiger partial charge in [-0.3, -0.25) is 4.90 Å². The Kier molecular flexibility index (Phi) is 10.8. The van der Waals surface area contributed by atoms with Crippen LogP contribution in [-0.4, -0.2) is 72.5 Å². The molecule has 0 amide bonds. The minimum atomic E-state index is -0.456. The third-order valence-corrected chi connectivity index (χ3v) is 7.86. The summed E-state index contributed by atoms with van der Waals surface area (Å²) in [4.78, 5) is 2.59. The molecule has 1 heterocycles. The van der Waals surface area contributed by atoms with Crippen molar-refractivity contribution in [2.75, 3.05) is 32.7 Å². The summed E-state index contributed by atoms with van der Waals surface area (Å²) in [6.07, 6.45) is 7.84. The van der Waals surface area contributed by atoms with Gasteiger partial charge in [0, 0.05) is 49.8 Å². The van der Waals surface area contributed by atoms with Crippen molar-refractivity contribution < 1.29 is 5.11 Å². The Labute approximate surface area is 208 Å². The first kappa shape index (κ1) is 27.6. The van der Waals surface area contributed by atoms with Gasteiger partial charge in [-0.2, -0.15) is 0 Å². The van der Waals surface area contributed by atoms with Gasteiger partial charge >= 0.3 is 0 Å². The number of fused-ring (bicyclic) bond motifs is 1. The molecule has 6 heteroatoms. The average molecular weight is 474 g/mol. The number of β-amino-alcohol motifs (C(OH)–C–C–N with tert-alkyl or cyclic N) is 1. The van der Waals surface area contributed by atoms with Crippen molar-refractivity contribution in [3.8, 4) is 0 Å². The fourth-order valence-corrected chi connectivity index (χ4v) is 5.84. The van der Waals surface area contributed by atoms with Crippen molar-refractivity contribution >= 4 is 0 Å². The molecule has 34 heavy (non-hydrogen) atoms. The van der Waals surface area contributed by atoms with Crippen LogP contribution in [0.1, 0.15) is 64.9 Å². The second kappa shape index (κ2) is 13.3. The lowest BCUT2D eigenvalue weighted by Gasteiger charge is -2.48. The Morgan fingerprint density at radius 3 is 2.50 bits per heavy atom. The number of piperidine rings is 1. The van der Waals surface area contributed by atoms with Crippen molar-refractivity contribution in [1.29, 1.82) is 0 Å². The first-order valence-electron chi connectivity index (χ1n) is 13.6. The fraction of sp³-hybridized carbons (Fsp3) is 0.786. The van der Waals surface area contributed by atoms with Crippen LogP contribution < -0.4 is 22.1 Å². The summed E-state index contributed by atoms with van der Waals surface area (Å²) in [6.45, 7) is 10.8. The zero-order valence-electron chi connectivity index (χ0n) is 21.9. The molecule has 6 atom stereocenters. The summed E-state index contributed by atoms with van der Waals surface area (Å²) in [7, 11) is 0. The van der Waals surface area contributed by atoms with Crippen LogP contribution in [0.4, 0.5) is 0 Å². The molecule has 194 valence electrons. The summed E-state index contributed by atoms with van der Waals surface area (Å²) in [5.41, 5.74) is 13.3. The number of rotatable bonds is 12. The molecule has 1 aromatic rings. The second-order valence-electron chi connectivity index (χ2n) is 11.9. The third kappa shape index (κ3) is 8.89. The molecular formula is C28H51N5O. The van der Waals surface area contributed by atoms with Crippen molar-refractivity contribution in [3.05, 3.63) is 35.9 Å². The average Bonchev–Trinajstić information content (AvgIpc) is 2.80. The number of hydrogen-bond donors (Lipinski definition) is 5. The van der Waals surface area contributed by atoms with Crippen LogP contribution in [0.2, 0.25) is 0 Å². The normalized spacial score (nSPS) is 26.6. The lowest BCUT2D eigenvalue weighted by atomic mass is 9.72. The molecular weight excluding hydrogens is 422 g/mol. The van der Waals surface area contributed by atoms with Gasteiger partial charge in [0.25, 0.3) is 0 Å². The Morgan fingerprint density at radius 2 is 1.82 bits per heavy atom. The van der Waals surface area contributed by atoms with E-state index in [2.05, 4.69) is 60.6 Å². The molecule has 1 aliphatic carbocycles. The fourth-order valence-electron chi connectivity index (χ4n) is 5.84. The van der Waals surface area contributed by atoms with E-state index >= 15 is 0 Å². The molecule has 0 aromatic heterocycles. The van der Waals surface area contributed by atoms with Crippen molar-refractivity contribution in [2.45, 2.75) is 95.5 Å². The van der Waals surface area contributed by atoms with Crippen LogP contribution in [0.5, 0.6) is 0 Å². The third-order valence-electron chi connectivity index (χ3n) is 7.86. The molecule has 6 nitrogen and oxygen atoms in total. The van der Waals surface area contributed by atoms with Crippen LogP contribution in [-0.2, 0) is 6.42 Å². The van der Waals surface area contributed by atoms with E-state index in [4.69, 9.17) is 11.5 Å². The quantitative estimate of drug-likeness (QED) is 0.320. The molecule has 2 unspecified atom stereocenters. The molecule has 1 saturated carbocycles. The van der Waals surface area contributed by atoms with Gasteiger partial charge in [0.05, 0.1) is 6.10 Å². The zero-order valence-corrected chi connectivity index (χ0v) is 21.9. The summed E-state index contributed by atoms with van der Waals surface area (Å²) < 4.78 is 0. The standard InChI is InChI=1S/C28H51N5O/c1-28(2,3)32-18-25-16-22-11-7-8-12-23(22)19-33(25)20-27(34)26(31-17-24(30)13-14-29)15-21-9-5-4-6-10-21/h4-6,9-10,22-27,31-32,34H,7-8,11-20,29-30H2,1-3H3/t22?,23?,24-,25-,26-,27+/m0/s1. The number of nitrogens with two attached hydrogens (primary N) is 2. The van der Waals surface area contributed by atoms with E-state index in [1.807, 2.05) is 6.07 Å². The Balaban J connectivity index is 1.68. The molecule has 3 rings (SSSR count). The van der Waals surface area contributed by atoms with Gasteiger partial charge in [0.2, 0.25) is 0 Å². The van der Waals surface area contributed by atoms with Crippen LogP contribution in [0, 0.1) is 11.8 Å². The van der Waals surface area contributed by atoms with Crippen LogP contribution >= 0.6 is 0 Å². The van der Waals surface area contributed by atoms with Crippen molar-refractivity contribution in [2.24, 2.45) is 23.3 Å². The molecule has 7 N–H and O–H groups in total. The van der Waals surface area contributed by atoms with Crippen LogP contribution in [0.15, 0.2) is 30.3 Å². The number of nitrogens with zero attached hydrogens (tertiary/aromatic N) is 1. The van der Waals surface area contributed by atoms with Crippen molar-refractivity contribution in [1.82, 2.24) is 15.5 Å². The highest BCUT2D eigenvalue weighted by Crippen LogP contribution is 2.38. The number of aliphatic hydroxyl groups is 1. The zero-order chi connectivity index (χ0) is 24.6. The predicted molar refractivity (Wildman–Crippen MR) is 143 cm³/mol. The van der Waals surface area contributed by atoms with E-state index in [1.54, 1.807) is 0 Å². The highest BCUT2D eigenvalue weighted by atomic mass is 16.3. The molecule has 2 fully saturated rings. The largest absolute Gasteiger partial charge is 0.390 e. The lowest BCUT2D eigenvalue weighted by molar-refractivity contribution is -0.00352. The molecule has 0 bridgehead atoms. The first-order chi connectivity index (χ1) is 16.2. The molecule has 1 saturated heterocycles. The highest BCUT2D eigenvalue weighted by molar-refractivity contribution is 5.16. The Morgan fingerprint density at radius 1 is 1.12 bits per heavy atom. The number of aliphatic hydroxyl groups excluding tert-OH is 1. The molecule has 2 aliphatic rings. The van der Waals surface area contributed by atoms with E-state index in [0.717, 1.165) is 37.8 Å². The highest BCUT2D eigenvalue weighted by Gasteiger charge is 2.38. The van der Waals surface area contributed by atoms with Crippen LogP contribution in [0.25, 0.3) is 0 Å². The smallest absolute Gasteiger partial charge is 0.0823 e.